The van der Waals surface area contributed by atoms with E-state index in [9.17, 15) is 4.79 Å². The van der Waals surface area contributed by atoms with Gasteiger partial charge in [0.15, 0.2) is 0 Å². The van der Waals surface area contributed by atoms with Gasteiger partial charge in [0, 0.05) is 36.3 Å². The van der Waals surface area contributed by atoms with Crippen LogP contribution in [0.25, 0.3) is 0 Å². The highest BCUT2D eigenvalue weighted by atomic mass is 32.2. The Balaban J connectivity index is 1.64. The lowest BCUT2D eigenvalue weighted by Gasteiger charge is -2.21. The van der Waals surface area contributed by atoms with E-state index >= 15 is 0 Å². The second kappa shape index (κ2) is 6.87. The highest BCUT2D eigenvalue weighted by molar-refractivity contribution is 8.19. The van der Waals surface area contributed by atoms with Crippen LogP contribution in [0.5, 0.6) is 0 Å². The molecule has 3 nitrogen and oxygen atoms in total. The van der Waals surface area contributed by atoms with Gasteiger partial charge >= 0.3 is 0 Å². The maximum Gasteiger partial charge on any atom is 0.227 e. The fourth-order valence-electron chi connectivity index (χ4n) is 2.52. The predicted molar refractivity (Wildman–Crippen MR) is 86.3 cm³/mol. The van der Waals surface area contributed by atoms with Gasteiger partial charge in [-0.05, 0) is 30.5 Å². The van der Waals surface area contributed by atoms with Crippen molar-refractivity contribution in [1.29, 1.82) is 0 Å². The van der Waals surface area contributed by atoms with Crippen molar-refractivity contribution in [1.82, 2.24) is 0 Å². The van der Waals surface area contributed by atoms with Crippen molar-refractivity contribution in [3.8, 4) is 0 Å². The fourth-order valence-corrected chi connectivity index (χ4v) is 5.36. The van der Waals surface area contributed by atoms with Crippen LogP contribution in [0.1, 0.15) is 23.0 Å². The quantitative estimate of drug-likeness (QED) is 0.927. The van der Waals surface area contributed by atoms with E-state index in [1.54, 1.807) is 0 Å². The van der Waals surface area contributed by atoms with E-state index in [1.807, 2.05) is 35.7 Å². The Labute approximate surface area is 128 Å². The lowest BCUT2D eigenvalue weighted by atomic mass is 9.99. The molecule has 1 N–H and O–H groups in total. The lowest BCUT2D eigenvalue weighted by Crippen LogP contribution is -2.28. The lowest BCUT2D eigenvalue weighted by molar-refractivity contribution is -0.122. The topological polar surface area (TPSA) is 38.3 Å². The van der Waals surface area contributed by atoms with Gasteiger partial charge in [0.25, 0.3) is 0 Å². The Hall–Kier alpha value is -0.650. The molecule has 3 rings (SSSR count). The summed E-state index contributed by atoms with van der Waals surface area (Å²) in [5.74, 6) is 2.67. The molecule has 0 aromatic heterocycles. The predicted octanol–water partition coefficient (Wildman–Crippen LogP) is 3.53. The molecule has 0 radical (unpaired) electrons. The van der Waals surface area contributed by atoms with Gasteiger partial charge < -0.3 is 10.1 Å². The van der Waals surface area contributed by atoms with Crippen LogP contribution in [0.4, 0.5) is 5.69 Å². The zero-order valence-electron chi connectivity index (χ0n) is 11.3. The monoisotopic (exact) mass is 309 g/mol. The summed E-state index contributed by atoms with van der Waals surface area (Å²) in [4.78, 5) is 12.2. The summed E-state index contributed by atoms with van der Waals surface area (Å²) >= 11 is 3.97. The molecule has 0 spiro atoms. The summed E-state index contributed by atoms with van der Waals surface area (Å²) in [6.07, 6.45) is 1.67. The number of benzene rings is 1. The third-order valence-corrected chi connectivity index (χ3v) is 6.74. The maximum absolute atomic E-state index is 12.2. The van der Waals surface area contributed by atoms with Gasteiger partial charge in [-0.25, -0.2) is 0 Å². The molecular weight excluding hydrogens is 290 g/mol. The van der Waals surface area contributed by atoms with E-state index in [2.05, 4.69) is 17.4 Å². The summed E-state index contributed by atoms with van der Waals surface area (Å²) < 4.78 is 5.82. The molecule has 20 heavy (non-hydrogen) atoms. The molecule has 1 amide bonds. The minimum atomic E-state index is 0.0997. The van der Waals surface area contributed by atoms with Crippen molar-refractivity contribution in [2.24, 2.45) is 5.92 Å². The number of carbonyl (C=O) groups excluding carboxylic acids is 1. The molecule has 1 aromatic rings. The maximum atomic E-state index is 12.2. The number of amides is 1. The molecule has 0 bridgehead atoms. The second-order valence-electron chi connectivity index (χ2n) is 5.07. The number of anilines is 1. The first-order valence-corrected chi connectivity index (χ1v) is 9.14. The van der Waals surface area contributed by atoms with E-state index in [1.165, 1.54) is 17.1 Å². The van der Waals surface area contributed by atoms with Crippen LogP contribution in [-0.2, 0) is 9.53 Å². The molecular formula is C15H19NO2S2. The third kappa shape index (κ3) is 3.51. The van der Waals surface area contributed by atoms with Crippen LogP contribution < -0.4 is 5.32 Å². The van der Waals surface area contributed by atoms with E-state index < -0.39 is 0 Å². The normalized spacial score (nSPS) is 21.0. The van der Waals surface area contributed by atoms with Gasteiger partial charge in [-0.3, -0.25) is 4.79 Å². The average Bonchev–Trinajstić information content (AvgIpc) is 3.03. The van der Waals surface area contributed by atoms with Crippen LogP contribution in [-0.4, -0.2) is 30.6 Å². The highest BCUT2D eigenvalue weighted by Crippen LogP contribution is 2.45. The molecule has 5 heteroatoms. The molecule has 0 atom stereocenters. The summed E-state index contributed by atoms with van der Waals surface area (Å²) in [7, 11) is 0. The minimum absolute atomic E-state index is 0.0997. The molecule has 1 aromatic carbocycles. The molecule has 0 saturated carbocycles. The number of thioether (sulfide) groups is 2. The SMILES string of the molecule is O=C(Nc1cccc(C2SCCS2)c1)C1CCOCC1. The number of nitrogens with one attached hydrogen (secondary N) is 1. The number of carbonyl (C=O) groups is 1. The Morgan fingerprint density at radius 1 is 1.20 bits per heavy atom. The van der Waals surface area contributed by atoms with Crippen LogP contribution in [0, 0.1) is 5.92 Å². The minimum Gasteiger partial charge on any atom is -0.381 e. The summed E-state index contributed by atoms with van der Waals surface area (Å²) in [6.45, 7) is 1.40. The Bertz CT molecular complexity index is 469. The first kappa shape index (κ1) is 14.3. The molecule has 2 saturated heterocycles. The molecule has 0 unspecified atom stereocenters. The van der Waals surface area contributed by atoms with Gasteiger partial charge in [-0.15, -0.1) is 23.5 Å². The Morgan fingerprint density at radius 2 is 1.95 bits per heavy atom. The molecule has 2 aliphatic heterocycles. The van der Waals surface area contributed by atoms with Crippen LogP contribution >= 0.6 is 23.5 Å². The van der Waals surface area contributed by atoms with Crippen LogP contribution in [0.2, 0.25) is 0 Å². The molecule has 108 valence electrons. The smallest absolute Gasteiger partial charge is 0.227 e. The number of ether oxygens (including phenoxy) is 1. The molecule has 2 fully saturated rings. The van der Waals surface area contributed by atoms with E-state index in [0.29, 0.717) is 17.8 Å². The van der Waals surface area contributed by atoms with Gasteiger partial charge in [0.05, 0.1) is 4.58 Å². The largest absolute Gasteiger partial charge is 0.381 e. The highest BCUT2D eigenvalue weighted by Gasteiger charge is 2.22. The summed E-state index contributed by atoms with van der Waals surface area (Å²) in [6, 6.07) is 8.28. The fraction of sp³-hybridized carbons (Fsp3) is 0.533. The standard InChI is InChI=1S/C15H19NO2S2/c17-14(11-4-6-18-7-5-11)16-13-3-1-2-12(10-13)15-19-8-9-20-15/h1-3,10-11,15H,4-9H2,(H,16,17). The zero-order valence-corrected chi connectivity index (χ0v) is 13.0. The summed E-state index contributed by atoms with van der Waals surface area (Å²) in [5.41, 5.74) is 2.23. The van der Waals surface area contributed by atoms with Crippen molar-refractivity contribution in [3.63, 3.8) is 0 Å². The van der Waals surface area contributed by atoms with Gasteiger partial charge in [-0.2, -0.15) is 0 Å². The number of hydrogen-bond acceptors (Lipinski definition) is 4. The molecule has 0 aliphatic carbocycles. The van der Waals surface area contributed by atoms with Crippen molar-refractivity contribution in [3.05, 3.63) is 29.8 Å². The van der Waals surface area contributed by atoms with Gasteiger partial charge in [0.2, 0.25) is 5.91 Å². The van der Waals surface area contributed by atoms with Crippen molar-refractivity contribution in [2.45, 2.75) is 17.4 Å². The van der Waals surface area contributed by atoms with Crippen molar-refractivity contribution in [2.75, 3.05) is 30.0 Å². The van der Waals surface area contributed by atoms with Crippen LogP contribution in [0.3, 0.4) is 0 Å². The first-order chi connectivity index (χ1) is 9.83. The van der Waals surface area contributed by atoms with Gasteiger partial charge in [-0.1, -0.05) is 12.1 Å². The Morgan fingerprint density at radius 3 is 2.70 bits per heavy atom. The molecule has 2 heterocycles. The first-order valence-electron chi connectivity index (χ1n) is 7.05. The second-order valence-corrected chi connectivity index (χ2v) is 7.80. The van der Waals surface area contributed by atoms with E-state index in [4.69, 9.17) is 4.74 Å². The number of rotatable bonds is 3. The van der Waals surface area contributed by atoms with Crippen LogP contribution in [0.15, 0.2) is 24.3 Å². The van der Waals surface area contributed by atoms with Crippen molar-refractivity contribution < 1.29 is 9.53 Å². The van der Waals surface area contributed by atoms with E-state index in [-0.39, 0.29) is 11.8 Å². The van der Waals surface area contributed by atoms with E-state index in [0.717, 1.165) is 18.5 Å². The third-order valence-electron chi connectivity index (χ3n) is 3.64. The molecule has 2 aliphatic rings. The Kier molecular flexibility index (Phi) is 4.91. The number of hydrogen-bond donors (Lipinski definition) is 1. The zero-order chi connectivity index (χ0) is 13.8. The summed E-state index contributed by atoms with van der Waals surface area (Å²) in [5, 5.41) is 3.06. The average molecular weight is 309 g/mol. The van der Waals surface area contributed by atoms with Gasteiger partial charge in [0.1, 0.15) is 0 Å². The van der Waals surface area contributed by atoms with Crippen molar-refractivity contribution >= 4 is 35.1 Å².